The molecule has 4 heteroatoms. The Labute approximate surface area is 109 Å². The predicted molar refractivity (Wildman–Crippen MR) is 68.2 cm³/mol. The molecule has 1 aliphatic heterocycles. The molecule has 2 aliphatic rings. The number of carbonyl (C=O) groups excluding carboxylic acids is 2. The van der Waals surface area contributed by atoms with Crippen molar-refractivity contribution < 1.29 is 14.3 Å². The smallest absolute Gasteiger partial charge is 0.225 e. The molecule has 4 nitrogen and oxygen atoms in total. The number of hydrogen-bond donors (Lipinski definition) is 0. The largest absolute Gasteiger partial charge is 0.384 e. The van der Waals surface area contributed by atoms with Crippen LogP contribution >= 0.6 is 0 Å². The summed E-state index contributed by atoms with van der Waals surface area (Å²) in [6.45, 7) is 1.29. The molecule has 1 aliphatic carbocycles. The minimum atomic E-state index is 0.108. The van der Waals surface area contributed by atoms with Crippen LogP contribution in [0.15, 0.2) is 0 Å². The lowest BCUT2D eigenvalue weighted by Gasteiger charge is -2.38. The van der Waals surface area contributed by atoms with Gasteiger partial charge in [-0.3, -0.25) is 9.59 Å². The molecule has 0 aromatic heterocycles. The number of amides is 1. The van der Waals surface area contributed by atoms with E-state index in [1.807, 2.05) is 4.90 Å². The van der Waals surface area contributed by atoms with Crippen molar-refractivity contribution in [3.05, 3.63) is 0 Å². The van der Waals surface area contributed by atoms with E-state index in [0.29, 0.717) is 25.2 Å². The molecular formula is C14H23NO3. The topological polar surface area (TPSA) is 46.6 Å². The Morgan fingerprint density at radius 2 is 2.17 bits per heavy atom. The van der Waals surface area contributed by atoms with E-state index in [4.69, 9.17) is 4.74 Å². The maximum atomic E-state index is 12.2. The summed E-state index contributed by atoms with van der Waals surface area (Å²) in [5.41, 5.74) is 0. The van der Waals surface area contributed by atoms with Crippen LogP contribution in [0.4, 0.5) is 0 Å². The molecule has 0 bridgehead atoms. The standard InChI is InChI=1S/C14H23NO3/c1-18-10-8-14(17)15-9-3-2-6-12(15)11-5-4-7-13(11)16/h11-12H,2-10H2,1H3. The van der Waals surface area contributed by atoms with Crippen molar-refractivity contribution in [2.24, 2.45) is 5.92 Å². The van der Waals surface area contributed by atoms with Crippen LogP contribution in [-0.2, 0) is 14.3 Å². The second-order valence-corrected chi connectivity index (χ2v) is 5.36. The van der Waals surface area contributed by atoms with Crippen LogP contribution in [0.3, 0.4) is 0 Å². The van der Waals surface area contributed by atoms with Crippen molar-refractivity contribution in [3.63, 3.8) is 0 Å². The number of piperidine rings is 1. The normalized spacial score (nSPS) is 28.7. The van der Waals surface area contributed by atoms with Crippen LogP contribution in [-0.4, -0.2) is 42.9 Å². The maximum Gasteiger partial charge on any atom is 0.225 e. The van der Waals surface area contributed by atoms with E-state index in [-0.39, 0.29) is 17.9 Å². The van der Waals surface area contributed by atoms with Gasteiger partial charge in [-0.2, -0.15) is 0 Å². The minimum absolute atomic E-state index is 0.108. The molecule has 0 aromatic rings. The summed E-state index contributed by atoms with van der Waals surface area (Å²) in [5, 5.41) is 0. The average molecular weight is 253 g/mol. The maximum absolute atomic E-state index is 12.2. The van der Waals surface area contributed by atoms with Gasteiger partial charge in [0.25, 0.3) is 0 Å². The molecule has 0 spiro atoms. The van der Waals surface area contributed by atoms with Gasteiger partial charge in [-0.15, -0.1) is 0 Å². The van der Waals surface area contributed by atoms with E-state index in [1.54, 1.807) is 7.11 Å². The van der Waals surface area contributed by atoms with E-state index in [1.165, 1.54) is 0 Å². The molecule has 2 rings (SSSR count). The predicted octanol–water partition coefficient (Wildman–Crippen LogP) is 1.77. The molecule has 0 aromatic carbocycles. The lowest BCUT2D eigenvalue weighted by molar-refractivity contribution is -0.138. The lowest BCUT2D eigenvalue weighted by atomic mass is 9.88. The number of ether oxygens (including phenoxy) is 1. The molecule has 2 atom stereocenters. The van der Waals surface area contributed by atoms with Gasteiger partial charge in [0.15, 0.2) is 0 Å². The Hall–Kier alpha value is -0.900. The fourth-order valence-electron chi connectivity index (χ4n) is 3.27. The number of rotatable bonds is 4. The monoisotopic (exact) mass is 253 g/mol. The van der Waals surface area contributed by atoms with Gasteiger partial charge in [-0.1, -0.05) is 0 Å². The van der Waals surface area contributed by atoms with Gasteiger partial charge in [-0.05, 0) is 32.1 Å². The second-order valence-electron chi connectivity index (χ2n) is 5.36. The first-order valence-electron chi connectivity index (χ1n) is 7.05. The molecule has 1 heterocycles. The third-order valence-corrected chi connectivity index (χ3v) is 4.21. The quantitative estimate of drug-likeness (QED) is 0.767. The summed E-state index contributed by atoms with van der Waals surface area (Å²) >= 11 is 0. The molecular weight excluding hydrogens is 230 g/mol. The highest BCUT2D eigenvalue weighted by molar-refractivity contribution is 5.85. The zero-order valence-corrected chi connectivity index (χ0v) is 11.2. The van der Waals surface area contributed by atoms with Crippen molar-refractivity contribution in [2.75, 3.05) is 20.3 Å². The number of nitrogens with zero attached hydrogens (tertiary/aromatic N) is 1. The first kappa shape index (κ1) is 13.5. The van der Waals surface area contributed by atoms with Crippen LogP contribution in [0, 0.1) is 5.92 Å². The molecule has 102 valence electrons. The number of hydrogen-bond acceptors (Lipinski definition) is 3. The fraction of sp³-hybridized carbons (Fsp3) is 0.857. The van der Waals surface area contributed by atoms with E-state index in [0.717, 1.165) is 38.6 Å². The molecule has 1 saturated carbocycles. The highest BCUT2D eigenvalue weighted by atomic mass is 16.5. The second kappa shape index (κ2) is 6.32. The summed E-state index contributed by atoms with van der Waals surface area (Å²) in [4.78, 5) is 26.0. The summed E-state index contributed by atoms with van der Waals surface area (Å²) in [6.07, 6.45) is 6.32. The SMILES string of the molecule is COCCC(=O)N1CCCCC1C1CCCC1=O. The van der Waals surface area contributed by atoms with Crippen LogP contribution in [0.1, 0.15) is 44.9 Å². The molecule has 1 amide bonds. The Morgan fingerprint density at radius 3 is 2.83 bits per heavy atom. The van der Waals surface area contributed by atoms with Crippen molar-refractivity contribution in [3.8, 4) is 0 Å². The van der Waals surface area contributed by atoms with Crippen molar-refractivity contribution in [1.82, 2.24) is 4.90 Å². The van der Waals surface area contributed by atoms with E-state index in [2.05, 4.69) is 0 Å². The average Bonchev–Trinajstić information content (AvgIpc) is 2.82. The van der Waals surface area contributed by atoms with Gasteiger partial charge in [0, 0.05) is 32.0 Å². The summed E-state index contributed by atoms with van der Waals surface area (Å²) in [7, 11) is 1.61. The number of likely N-dealkylation sites (tertiary alicyclic amines) is 1. The number of methoxy groups -OCH3 is 1. The third kappa shape index (κ3) is 2.91. The van der Waals surface area contributed by atoms with Crippen LogP contribution in [0.5, 0.6) is 0 Å². The van der Waals surface area contributed by atoms with E-state index in [9.17, 15) is 9.59 Å². The number of ketones is 1. The van der Waals surface area contributed by atoms with Gasteiger partial charge in [0.1, 0.15) is 5.78 Å². The fourth-order valence-corrected chi connectivity index (χ4v) is 3.27. The van der Waals surface area contributed by atoms with E-state index < -0.39 is 0 Å². The van der Waals surface area contributed by atoms with Crippen molar-refractivity contribution in [1.29, 1.82) is 0 Å². The molecule has 0 radical (unpaired) electrons. The van der Waals surface area contributed by atoms with E-state index >= 15 is 0 Å². The third-order valence-electron chi connectivity index (χ3n) is 4.21. The highest BCUT2D eigenvalue weighted by Crippen LogP contribution is 2.32. The minimum Gasteiger partial charge on any atom is -0.384 e. The zero-order chi connectivity index (χ0) is 13.0. The Balaban J connectivity index is 2.01. The highest BCUT2D eigenvalue weighted by Gasteiger charge is 2.38. The van der Waals surface area contributed by atoms with Crippen LogP contribution < -0.4 is 0 Å². The molecule has 18 heavy (non-hydrogen) atoms. The Bertz CT molecular complexity index is 316. The lowest BCUT2D eigenvalue weighted by Crippen LogP contribution is -2.48. The molecule has 1 saturated heterocycles. The summed E-state index contributed by atoms with van der Waals surface area (Å²) < 4.78 is 4.97. The van der Waals surface area contributed by atoms with Crippen molar-refractivity contribution in [2.45, 2.75) is 51.0 Å². The first-order chi connectivity index (χ1) is 8.74. The van der Waals surface area contributed by atoms with Gasteiger partial charge in [0.2, 0.25) is 5.91 Å². The van der Waals surface area contributed by atoms with Crippen molar-refractivity contribution >= 4 is 11.7 Å². The van der Waals surface area contributed by atoms with Gasteiger partial charge in [0.05, 0.1) is 13.0 Å². The number of Topliss-reactive ketones (excluding diaryl/α,β-unsaturated/α-hetero) is 1. The Morgan fingerprint density at radius 1 is 1.33 bits per heavy atom. The van der Waals surface area contributed by atoms with Crippen LogP contribution in [0.25, 0.3) is 0 Å². The first-order valence-corrected chi connectivity index (χ1v) is 7.05. The molecule has 2 fully saturated rings. The van der Waals surface area contributed by atoms with Gasteiger partial charge >= 0.3 is 0 Å². The number of carbonyl (C=O) groups is 2. The summed E-state index contributed by atoms with van der Waals surface area (Å²) in [5.74, 6) is 0.629. The Kier molecular flexibility index (Phi) is 4.75. The van der Waals surface area contributed by atoms with Gasteiger partial charge < -0.3 is 9.64 Å². The summed E-state index contributed by atoms with van der Waals surface area (Å²) in [6, 6.07) is 0.165. The van der Waals surface area contributed by atoms with Crippen LogP contribution in [0.2, 0.25) is 0 Å². The molecule has 0 N–H and O–H groups in total. The zero-order valence-electron chi connectivity index (χ0n) is 11.2. The molecule has 2 unspecified atom stereocenters. The van der Waals surface area contributed by atoms with Gasteiger partial charge in [-0.25, -0.2) is 0 Å².